The standard InChI is InChI=1S/C26H36O5/c1-2-16-31-19-21-9-7-8-20(17-21)18-23(27)14-12-22-13-15-25(28)24(22)10-5-3-4-6-11-26(29)30/h3,5,7-9,12,14,17,22-24,27H,2,4,6,10-11,13,15-16,18-19H2,1H3,(H,29,30)/b5-3-,14-12+/t22?,23?,24-/m1/s1. The first kappa shape index (κ1) is 25.0. The second-order valence-corrected chi connectivity index (χ2v) is 8.30. The molecule has 0 heterocycles. The topological polar surface area (TPSA) is 83.8 Å². The van der Waals surface area contributed by atoms with Crippen LogP contribution >= 0.6 is 0 Å². The smallest absolute Gasteiger partial charge is 0.303 e. The summed E-state index contributed by atoms with van der Waals surface area (Å²) in [6.07, 6.45) is 12.3. The molecule has 1 aromatic carbocycles. The van der Waals surface area contributed by atoms with Crippen molar-refractivity contribution < 1.29 is 24.5 Å². The van der Waals surface area contributed by atoms with Gasteiger partial charge in [-0.25, -0.2) is 0 Å². The first-order valence-electron chi connectivity index (χ1n) is 11.4. The van der Waals surface area contributed by atoms with E-state index in [1.165, 1.54) is 0 Å². The molecule has 0 aromatic heterocycles. The van der Waals surface area contributed by atoms with Crippen LogP contribution in [0.4, 0.5) is 0 Å². The maximum atomic E-state index is 12.3. The molecule has 5 heteroatoms. The van der Waals surface area contributed by atoms with Crippen molar-refractivity contribution in [2.75, 3.05) is 6.61 Å². The first-order chi connectivity index (χ1) is 15.0. The summed E-state index contributed by atoms with van der Waals surface area (Å²) in [5.74, 6) is -0.392. The number of carboxylic acids is 1. The zero-order chi connectivity index (χ0) is 22.5. The third-order valence-electron chi connectivity index (χ3n) is 5.61. The highest BCUT2D eigenvalue weighted by molar-refractivity contribution is 5.83. The van der Waals surface area contributed by atoms with Crippen LogP contribution in [0.15, 0.2) is 48.6 Å². The molecule has 1 aromatic rings. The molecule has 3 atom stereocenters. The van der Waals surface area contributed by atoms with E-state index >= 15 is 0 Å². The Hall–Kier alpha value is -2.24. The van der Waals surface area contributed by atoms with Crippen LogP contribution in [-0.4, -0.2) is 34.7 Å². The van der Waals surface area contributed by atoms with E-state index in [0.29, 0.717) is 32.3 Å². The minimum Gasteiger partial charge on any atom is -0.481 e. The Bertz CT molecular complexity index is 752. The number of aliphatic hydroxyl groups excluding tert-OH is 1. The van der Waals surface area contributed by atoms with Crippen LogP contribution in [0.25, 0.3) is 0 Å². The lowest BCUT2D eigenvalue weighted by atomic mass is 9.91. The molecule has 31 heavy (non-hydrogen) atoms. The number of rotatable bonds is 14. The minimum atomic E-state index is -0.778. The van der Waals surface area contributed by atoms with Gasteiger partial charge in [-0.05, 0) is 49.1 Å². The van der Waals surface area contributed by atoms with Crippen LogP contribution in [0.5, 0.6) is 0 Å². The van der Waals surface area contributed by atoms with Gasteiger partial charge in [0.2, 0.25) is 0 Å². The SMILES string of the molecule is CCCOCc1cccc(CC(O)/C=C/C2CCC(=O)[C@@H]2C/C=C\CCCC(=O)O)c1. The average molecular weight is 429 g/mol. The number of carbonyl (C=O) groups excluding carboxylic acids is 1. The van der Waals surface area contributed by atoms with Crippen LogP contribution in [0.1, 0.15) is 63.0 Å². The molecule has 0 radical (unpaired) electrons. The normalized spacial score (nSPS) is 20.1. The van der Waals surface area contributed by atoms with Crippen LogP contribution in [-0.2, 0) is 27.4 Å². The Morgan fingerprint density at radius 1 is 1.29 bits per heavy atom. The van der Waals surface area contributed by atoms with Gasteiger partial charge < -0.3 is 14.9 Å². The highest BCUT2D eigenvalue weighted by atomic mass is 16.5. The van der Waals surface area contributed by atoms with Gasteiger partial charge in [0.15, 0.2) is 0 Å². The van der Waals surface area contributed by atoms with E-state index < -0.39 is 12.1 Å². The number of ketones is 1. The number of aliphatic carboxylic acids is 1. The van der Waals surface area contributed by atoms with Crippen LogP contribution in [0.2, 0.25) is 0 Å². The zero-order valence-corrected chi connectivity index (χ0v) is 18.5. The highest BCUT2D eigenvalue weighted by Crippen LogP contribution is 2.33. The quantitative estimate of drug-likeness (QED) is 0.326. The van der Waals surface area contributed by atoms with Crippen molar-refractivity contribution in [3.05, 3.63) is 59.7 Å². The fourth-order valence-corrected chi connectivity index (χ4v) is 3.96. The van der Waals surface area contributed by atoms with E-state index in [1.54, 1.807) is 0 Å². The number of hydrogen-bond donors (Lipinski definition) is 2. The predicted molar refractivity (Wildman–Crippen MR) is 122 cm³/mol. The van der Waals surface area contributed by atoms with E-state index in [4.69, 9.17) is 9.84 Å². The van der Waals surface area contributed by atoms with Crippen LogP contribution in [0, 0.1) is 11.8 Å². The van der Waals surface area contributed by atoms with Gasteiger partial charge >= 0.3 is 5.97 Å². The third-order valence-corrected chi connectivity index (χ3v) is 5.61. The second-order valence-electron chi connectivity index (χ2n) is 8.30. The summed E-state index contributed by atoms with van der Waals surface area (Å²) in [6, 6.07) is 8.11. The number of ether oxygens (including phenoxy) is 1. The Morgan fingerprint density at radius 2 is 2.10 bits per heavy atom. The summed E-state index contributed by atoms with van der Waals surface area (Å²) in [5, 5.41) is 19.1. The fraction of sp³-hybridized carbons (Fsp3) is 0.538. The summed E-state index contributed by atoms with van der Waals surface area (Å²) in [6.45, 7) is 3.41. The van der Waals surface area contributed by atoms with Gasteiger partial charge in [-0.1, -0.05) is 55.5 Å². The number of aliphatic hydroxyl groups is 1. The van der Waals surface area contributed by atoms with Crippen molar-refractivity contribution in [2.45, 2.75) is 71.0 Å². The molecule has 0 amide bonds. The summed E-state index contributed by atoms with van der Waals surface area (Å²) >= 11 is 0. The Labute approximate surface area is 185 Å². The second kappa shape index (κ2) is 13.9. The maximum Gasteiger partial charge on any atom is 0.303 e. The number of unbranched alkanes of at least 4 members (excludes halogenated alkanes) is 1. The Morgan fingerprint density at radius 3 is 2.87 bits per heavy atom. The lowest BCUT2D eigenvalue weighted by molar-refractivity contribution is -0.137. The van der Waals surface area contributed by atoms with E-state index in [9.17, 15) is 14.7 Å². The molecule has 2 N–H and O–H groups in total. The Balaban J connectivity index is 1.82. The molecular weight excluding hydrogens is 392 g/mol. The maximum absolute atomic E-state index is 12.3. The molecule has 2 unspecified atom stereocenters. The zero-order valence-electron chi connectivity index (χ0n) is 18.5. The van der Waals surface area contributed by atoms with Gasteiger partial charge in [0, 0.05) is 31.8 Å². The summed E-state index contributed by atoms with van der Waals surface area (Å²) < 4.78 is 5.59. The third kappa shape index (κ3) is 9.62. The summed E-state index contributed by atoms with van der Waals surface area (Å²) in [5.41, 5.74) is 2.18. The summed E-state index contributed by atoms with van der Waals surface area (Å²) in [7, 11) is 0. The number of Topliss-reactive ketones (excluding diaryl/α,β-unsaturated/α-hetero) is 1. The van der Waals surface area contributed by atoms with Crippen molar-refractivity contribution >= 4 is 11.8 Å². The van der Waals surface area contributed by atoms with Gasteiger partial charge in [-0.2, -0.15) is 0 Å². The molecule has 1 aliphatic rings. The van der Waals surface area contributed by atoms with Crippen molar-refractivity contribution in [3.63, 3.8) is 0 Å². The summed E-state index contributed by atoms with van der Waals surface area (Å²) in [4.78, 5) is 22.8. The van der Waals surface area contributed by atoms with E-state index in [-0.39, 0.29) is 24.0 Å². The molecule has 0 saturated heterocycles. The molecule has 1 aliphatic carbocycles. The van der Waals surface area contributed by atoms with E-state index in [0.717, 1.165) is 37.0 Å². The fourth-order valence-electron chi connectivity index (χ4n) is 3.96. The monoisotopic (exact) mass is 428 g/mol. The number of benzene rings is 1. The van der Waals surface area contributed by atoms with Crippen molar-refractivity contribution in [1.29, 1.82) is 0 Å². The minimum absolute atomic E-state index is 0.0433. The molecule has 170 valence electrons. The molecule has 0 spiro atoms. The molecule has 0 bridgehead atoms. The predicted octanol–water partition coefficient (Wildman–Crippen LogP) is 4.87. The molecule has 0 aliphatic heterocycles. The van der Waals surface area contributed by atoms with E-state index in [2.05, 4.69) is 13.0 Å². The molecule has 5 nitrogen and oxygen atoms in total. The number of allylic oxidation sites excluding steroid dienone is 3. The van der Waals surface area contributed by atoms with Gasteiger partial charge in [-0.3, -0.25) is 9.59 Å². The van der Waals surface area contributed by atoms with Gasteiger partial charge in [0.05, 0.1) is 12.7 Å². The van der Waals surface area contributed by atoms with Gasteiger partial charge in [0.25, 0.3) is 0 Å². The number of carboxylic acid groups (broad SMARTS) is 1. The van der Waals surface area contributed by atoms with Crippen molar-refractivity contribution in [1.82, 2.24) is 0 Å². The number of hydrogen-bond acceptors (Lipinski definition) is 4. The van der Waals surface area contributed by atoms with Gasteiger partial charge in [0.1, 0.15) is 5.78 Å². The molecule has 1 saturated carbocycles. The van der Waals surface area contributed by atoms with Crippen molar-refractivity contribution in [2.24, 2.45) is 11.8 Å². The molecule has 2 rings (SSSR count). The number of carbonyl (C=O) groups is 2. The van der Waals surface area contributed by atoms with Crippen molar-refractivity contribution in [3.8, 4) is 0 Å². The molecular formula is C26H36O5. The molecule has 1 fully saturated rings. The van der Waals surface area contributed by atoms with Gasteiger partial charge in [-0.15, -0.1) is 0 Å². The van der Waals surface area contributed by atoms with E-state index in [1.807, 2.05) is 42.5 Å². The van der Waals surface area contributed by atoms with Crippen LogP contribution in [0.3, 0.4) is 0 Å². The lowest BCUT2D eigenvalue weighted by Crippen LogP contribution is -2.14. The Kier molecular flexibility index (Phi) is 11.3. The lowest BCUT2D eigenvalue weighted by Gasteiger charge is -2.14. The highest BCUT2D eigenvalue weighted by Gasteiger charge is 2.31. The largest absolute Gasteiger partial charge is 0.481 e. The van der Waals surface area contributed by atoms with Crippen LogP contribution < -0.4 is 0 Å². The first-order valence-corrected chi connectivity index (χ1v) is 11.4. The average Bonchev–Trinajstić information content (AvgIpc) is 3.09.